The average Bonchev–Trinajstić information content (AvgIpc) is 2.93. The van der Waals surface area contributed by atoms with Gasteiger partial charge in [0, 0.05) is 31.2 Å². The van der Waals surface area contributed by atoms with Crippen LogP contribution < -0.4 is 5.73 Å². The Morgan fingerprint density at radius 2 is 2.25 bits per heavy atom. The number of aryl methyl sites for hydroxylation is 1. The maximum absolute atomic E-state index is 12.8. The molecule has 24 heavy (non-hydrogen) atoms. The molecule has 0 amide bonds. The van der Waals surface area contributed by atoms with Gasteiger partial charge in [0.1, 0.15) is 17.4 Å². The third kappa shape index (κ3) is 2.71. The van der Waals surface area contributed by atoms with Crippen molar-refractivity contribution in [2.45, 2.75) is 52.5 Å². The second kappa shape index (κ2) is 5.82. The number of hydrogen-bond acceptors (Lipinski definition) is 5. The Kier molecular flexibility index (Phi) is 3.96. The van der Waals surface area contributed by atoms with Gasteiger partial charge in [-0.25, -0.2) is 0 Å². The second-order valence-corrected chi connectivity index (χ2v) is 7.21. The molecule has 3 rings (SSSR count). The second-order valence-electron chi connectivity index (χ2n) is 7.21. The molecule has 1 aliphatic heterocycles. The summed E-state index contributed by atoms with van der Waals surface area (Å²) in [4.78, 5) is 12.8. The van der Waals surface area contributed by atoms with Crippen molar-refractivity contribution >= 4 is 5.78 Å². The lowest BCUT2D eigenvalue weighted by Gasteiger charge is -2.36. The molecule has 1 aromatic rings. The fourth-order valence-corrected chi connectivity index (χ4v) is 3.47. The number of carbonyl (C=O) groups is 1. The van der Waals surface area contributed by atoms with Crippen LogP contribution in [0.25, 0.3) is 0 Å². The zero-order chi connectivity index (χ0) is 17.5. The van der Waals surface area contributed by atoms with Gasteiger partial charge in [0.2, 0.25) is 5.88 Å². The Hall–Kier alpha value is -2.55. The first-order valence-corrected chi connectivity index (χ1v) is 8.23. The lowest BCUT2D eigenvalue weighted by Crippen LogP contribution is -2.33. The van der Waals surface area contributed by atoms with Crippen LogP contribution in [0, 0.1) is 16.7 Å². The number of Topliss-reactive ketones (excluding diaryl/α,β-unsaturated/α-hetero) is 1. The zero-order valence-electron chi connectivity index (χ0n) is 14.3. The van der Waals surface area contributed by atoms with Gasteiger partial charge >= 0.3 is 0 Å². The maximum atomic E-state index is 12.8. The van der Waals surface area contributed by atoms with E-state index in [-0.39, 0.29) is 22.7 Å². The topological polar surface area (TPSA) is 93.9 Å². The van der Waals surface area contributed by atoms with E-state index in [1.165, 1.54) is 0 Å². The lowest BCUT2D eigenvalue weighted by atomic mass is 9.71. The highest BCUT2D eigenvalue weighted by Crippen LogP contribution is 2.47. The number of allylic oxidation sites excluding steroid dienone is 3. The molecule has 126 valence electrons. The average molecular weight is 326 g/mol. The molecule has 0 spiro atoms. The first kappa shape index (κ1) is 16.3. The highest BCUT2D eigenvalue weighted by atomic mass is 16.5. The summed E-state index contributed by atoms with van der Waals surface area (Å²) >= 11 is 0. The number of ketones is 1. The normalized spacial score (nSPS) is 22.9. The molecular formula is C18H22N4O2. The summed E-state index contributed by atoms with van der Waals surface area (Å²) in [5.74, 6) is 0.150. The van der Waals surface area contributed by atoms with Crippen molar-refractivity contribution in [3.63, 3.8) is 0 Å². The molecule has 0 fully saturated rings. The standard InChI is InChI=1S/C18H22N4O2/c1-4-6-22-7-5-12(21-22)15-11(10-19)17(20)24-14-9-18(2,3)8-13(23)16(14)15/h5,7,15H,4,6,8-9,20H2,1-3H3. The molecule has 0 bridgehead atoms. The largest absolute Gasteiger partial charge is 0.444 e. The molecule has 1 unspecified atom stereocenters. The highest BCUT2D eigenvalue weighted by Gasteiger charge is 2.43. The highest BCUT2D eigenvalue weighted by molar-refractivity contribution is 5.99. The van der Waals surface area contributed by atoms with Gasteiger partial charge in [-0.15, -0.1) is 0 Å². The summed E-state index contributed by atoms with van der Waals surface area (Å²) in [6.07, 6.45) is 3.88. The summed E-state index contributed by atoms with van der Waals surface area (Å²) in [6.45, 7) is 6.92. The van der Waals surface area contributed by atoms with Gasteiger partial charge in [-0.05, 0) is 17.9 Å². The SMILES string of the molecule is CCCn1ccc(C2C(C#N)=C(N)OC3=C2C(=O)CC(C)(C)C3)n1. The van der Waals surface area contributed by atoms with E-state index in [9.17, 15) is 10.1 Å². The fourth-order valence-electron chi connectivity index (χ4n) is 3.47. The van der Waals surface area contributed by atoms with Gasteiger partial charge in [0.05, 0.1) is 11.6 Å². The van der Waals surface area contributed by atoms with Crippen molar-refractivity contribution in [3.05, 3.63) is 40.7 Å². The number of carbonyl (C=O) groups excluding carboxylic acids is 1. The number of ether oxygens (including phenoxy) is 1. The lowest BCUT2D eigenvalue weighted by molar-refractivity contribution is -0.119. The molecule has 1 atom stereocenters. The van der Waals surface area contributed by atoms with Gasteiger partial charge in [0.25, 0.3) is 0 Å². The van der Waals surface area contributed by atoms with Crippen LogP contribution in [0.2, 0.25) is 0 Å². The van der Waals surface area contributed by atoms with Crippen LogP contribution in [0.4, 0.5) is 0 Å². The van der Waals surface area contributed by atoms with E-state index in [1.54, 1.807) is 0 Å². The first-order chi connectivity index (χ1) is 11.4. The van der Waals surface area contributed by atoms with Gasteiger partial charge in [0.15, 0.2) is 5.78 Å². The molecule has 2 heterocycles. The van der Waals surface area contributed by atoms with E-state index in [1.807, 2.05) is 30.8 Å². The van der Waals surface area contributed by atoms with Gasteiger partial charge in [-0.2, -0.15) is 10.4 Å². The van der Waals surface area contributed by atoms with Crippen LogP contribution in [-0.4, -0.2) is 15.6 Å². The molecule has 1 aromatic heterocycles. The summed E-state index contributed by atoms with van der Waals surface area (Å²) in [6, 6.07) is 3.97. The van der Waals surface area contributed by atoms with Crippen LogP contribution >= 0.6 is 0 Å². The molecule has 0 saturated heterocycles. The third-order valence-corrected chi connectivity index (χ3v) is 4.49. The predicted octanol–water partition coefficient (Wildman–Crippen LogP) is 2.74. The number of rotatable bonds is 3. The molecule has 1 aliphatic carbocycles. The van der Waals surface area contributed by atoms with Gasteiger partial charge in [-0.1, -0.05) is 20.8 Å². The summed E-state index contributed by atoms with van der Waals surface area (Å²) in [5, 5.41) is 14.1. The monoisotopic (exact) mass is 326 g/mol. The minimum Gasteiger partial charge on any atom is -0.444 e. The number of nitrogens with two attached hydrogens (primary N) is 1. The number of nitrogens with zero attached hydrogens (tertiary/aromatic N) is 3. The number of aromatic nitrogens is 2. The first-order valence-electron chi connectivity index (χ1n) is 8.23. The molecule has 6 nitrogen and oxygen atoms in total. The minimum absolute atomic E-state index is 0.0107. The van der Waals surface area contributed by atoms with Crippen LogP contribution in [-0.2, 0) is 16.1 Å². The van der Waals surface area contributed by atoms with Crippen LogP contribution in [0.5, 0.6) is 0 Å². The summed E-state index contributed by atoms with van der Waals surface area (Å²) in [7, 11) is 0. The van der Waals surface area contributed by atoms with E-state index in [0.29, 0.717) is 29.9 Å². The molecule has 0 radical (unpaired) electrons. The van der Waals surface area contributed by atoms with Gasteiger partial charge < -0.3 is 10.5 Å². The smallest absolute Gasteiger partial charge is 0.205 e. The Labute approximate surface area is 141 Å². The number of nitriles is 1. The van der Waals surface area contributed by atoms with E-state index in [2.05, 4.69) is 18.1 Å². The van der Waals surface area contributed by atoms with Crippen LogP contribution in [0.3, 0.4) is 0 Å². The molecule has 0 aromatic carbocycles. The fraction of sp³-hybridized carbons (Fsp3) is 0.500. The molecular weight excluding hydrogens is 304 g/mol. The van der Waals surface area contributed by atoms with Gasteiger partial charge in [-0.3, -0.25) is 9.48 Å². The van der Waals surface area contributed by atoms with Crippen molar-refractivity contribution in [2.75, 3.05) is 0 Å². The Morgan fingerprint density at radius 1 is 1.50 bits per heavy atom. The quantitative estimate of drug-likeness (QED) is 0.921. The van der Waals surface area contributed by atoms with Crippen molar-refractivity contribution in [3.8, 4) is 6.07 Å². The minimum atomic E-state index is -0.527. The predicted molar refractivity (Wildman–Crippen MR) is 88.2 cm³/mol. The maximum Gasteiger partial charge on any atom is 0.205 e. The molecule has 6 heteroatoms. The molecule has 2 N–H and O–H groups in total. The van der Waals surface area contributed by atoms with Crippen LogP contribution in [0.1, 0.15) is 51.6 Å². The zero-order valence-corrected chi connectivity index (χ0v) is 14.3. The Balaban J connectivity index is 2.11. The van der Waals surface area contributed by atoms with Crippen molar-refractivity contribution in [2.24, 2.45) is 11.1 Å². The summed E-state index contributed by atoms with van der Waals surface area (Å²) in [5.41, 5.74) is 7.29. The Bertz CT molecular complexity index is 792. The van der Waals surface area contributed by atoms with Crippen molar-refractivity contribution in [1.82, 2.24) is 9.78 Å². The third-order valence-electron chi connectivity index (χ3n) is 4.49. The molecule has 0 saturated carbocycles. The van der Waals surface area contributed by atoms with Crippen molar-refractivity contribution < 1.29 is 9.53 Å². The number of hydrogen-bond donors (Lipinski definition) is 1. The van der Waals surface area contributed by atoms with Crippen LogP contribution in [0.15, 0.2) is 35.1 Å². The summed E-state index contributed by atoms with van der Waals surface area (Å²) < 4.78 is 7.49. The Morgan fingerprint density at radius 3 is 2.92 bits per heavy atom. The molecule has 2 aliphatic rings. The van der Waals surface area contributed by atoms with Crippen molar-refractivity contribution in [1.29, 1.82) is 5.26 Å². The van der Waals surface area contributed by atoms with E-state index in [4.69, 9.17) is 10.5 Å². The van der Waals surface area contributed by atoms with E-state index < -0.39 is 5.92 Å². The van der Waals surface area contributed by atoms with E-state index >= 15 is 0 Å². The van der Waals surface area contributed by atoms with E-state index in [0.717, 1.165) is 13.0 Å².